The molecule has 2 aromatic rings. The molecule has 0 saturated carbocycles. The zero-order valence-corrected chi connectivity index (χ0v) is 11.8. The molecule has 0 amide bonds. The van der Waals surface area contributed by atoms with E-state index in [1.165, 1.54) is 0 Å². The fourth-order valence-electron chi connectivity index (χ4n) is 1.93. The zero-order valence-electron chi connectivity index (χ0n) is 10.3. The van der Waals surface area contributed by atoms with Crippen molar-refractivity contribution in [3.8, 4) is 11.3 Å². The SMILES string of the molecule is CCC(NC)c1ccc(-c2cccc(Cl)c2Cl)o1. The van der Waals surface area contributed by atoms with Gasteiger partial charge in [-0.05, 0) is 37.7 Å². The fourth-order valence-corrected chi connectivity index (χ4v) is 2.32. The van der Waals surface area contributed by atoms with Crippen LogP contribution in [0.3, 0.4) is 0 Å². The highest BCUT2D eigenvalue weighted by Gasteiger charge is 2.14. The predicted molar refractivity (Wildman–Crippen MR) is 76.3 cm³/mol. The Labute approximate surface area is 117 Å². The third-order valence-electron chi connectivity index (χ3n) is 2.94. The van der Waals surface area contributed by atoms with Crippen molar-refractivity contribution in [1.29, 1.82) is 0 Å². The summed E-state index contributed by atoms with van der Waals surface area (Å²) in [4.78, 5) is 0. The zero-order chi connectivity index (χ0) is 13.1. The van der Waals surface area contributed by atoms with Crippen molar-refractivity contribution in [2.24, 2.45) is 0 Å². The summed E-state index contributed by atoms with van der Waals surface area (Å²) >= 11 is 12.2. The second-order valence-corrected chi connectivity index (χ2v) is 4.84. The van der Waals surface area contributed by atoms with Gasteiger partial charge >= 0.3 is 0 Å². The molecular formula is C14H15Cl2NO. The molecule has 1 heterocycles. The van der Waals surface area contributed by atoms with E-state index < -0.39 is 0 Å². The highest BCUT2D eigenvalue weighted by Crippen LogP contribution is 2.35. The standard InChI is InChI=1S/C14H15Cl2NO/c1-3-11(17-2)13-8-7-12(18-13)9-5-4-6-10(15)14(9)16/h4-8,11,17H,3H2,1-2H3. The van der Waals surface area contributed by atoms with E-state index in [1.807, 2.05) is 31.3 Å². The van der Waals surface area contributed by atoms with Gasteiger partial charge in [0, 0.05) is 5.56 Å². The molecule has 96 valence electrons. The second kappa shape index (κ2) is 5.79. The van der Waals surface area contributed by atoms with Crippen LogP contribution in [0.15, 0.2) is 34.7 Å². The van der Waals surface area contributed by atoms with Gasteiger partial charge < -0.3 is 9.73 Å². The van der Waals surface area contributed by atoms with Crippen LogP contribution in [-0.4, -0.2) is 7.05 Å². The summed E-state index contributed by atoms with van der Waals surface area (Å²) in [5.41, 5.74) is 0.821. The average Bonchev–Trinajstić information content (AvgIpc) is 2.84. The molecule has 0 spiro atoms. The number of furan rings is 1. The number of halogens is 2. The summed E-state index contributed by atoms with van der Waals surface area (Å²) < 4.78 is 5.84. The van der Waals surface area contributed by atoms with E-state index in [9.17, 15) is 0 Å². The van der Waals surface area contributed by atoms with Crippen molar-refractivity contribution in [2.45, 2.75) is 19.4 Å². The fraction of sp³-hybridized carbons (Fsp3) is 0.286. The Kier molecular flexibility index (Phi) is 4.33. The minimum Gasteiger partial charge on any atom is -0.459 e. The number of hydrogen-bond acceptors (Lipinski definition) is 2. The molecule has 1 aromatic carbocycles. The maximum atomic E-state index is 6.18. The van der Waals surface area contributed by atoms with Gasteiger partial charge in [-0.1, -0.05) is 36.2 Å². The molecule has 0 aliphatic rings. The van der Waals surface area contributed by atoms with Gasteiger partial charge in [0.25, 0.3) is 0 Å². The van der Waals surface area contributed by atoms with E-state index in [2.05, 4.69) is 12.2 Å². The van der Waals surface area contributed by atoms with Crippen LogP contribution < -0.4 is 5.32 Å². The van der Waals surface area contributed by atoms with E-state index in [0.29, 0.717) is 10.0 Å². The number of hydrogen-bond donors (Lipinski definition) is 1. The second-order valence-electron chi connectivity index (χ2n) is 4.05. The summed E-state index contributed by atoms with van der Waals surface area (Å²) in [6.07, 6.45) is 0.965. The van der Waals surface area contributed by atoms with Crippen LogP contribution in [0.4, 0.5) is 0 Å². The molecule has 1 aromatic heterocycles. The molecule has 2 nitrogen and oxygen atoms in total. The Balaban J connectivity index is 2.38. The van der Waals surface area contributed by atoms with Gasteiger partial charge in [-0.2, -0.15) is 0 Å². The van der Waals surface area contributed by atoms with Crippen LogP contribution in [0.1, 0.15) is 25.1 Å². The molecule has 0 saturated heterocycles. The maximum Gasteiger partial charge on any atom is 0.135 e. The van der Waals surface area contributed by atoms with Crippen molar-refractivity contribution in [3.63, 3.8) is 0 Å². The Hall–Kier alpha value is -0.960. The third kappa shape index (κ3) is 2.56. The van der Waals surface area contributed by atoms with Gasteiger partial charge in [-0.15, -0.1) is 0 Å². The molecule has 1 N–H and O–H groups in total. The van der Waals surface area contributed by atoms with E-state index in [0.717, 1.165) is 23.5 Å². The quantitative estimate of drug-likeness (QED) is 0.861. The van der Waals surface area contributed by atoms with E-state index in [1.54, 1.807) is 6.07 Å². The molecule has 1 unspecified atom stereocenters. The van der Waals surface area contributed by atoms with Gasteiger partial charge in [0.2, 0.25) is 0 Å². The molecule has 0 bridgehead atoms. The van der Waals surface area contributed by atoms with Gasteiger partial charge in [0.15, 0.2) is 0 Å². The molecule has 1 atom stereocenters. The minimum absolute atomic E-state index is 0.219. The average molecular weight is 284 g/mol. The van der Waals surface area contributed by atoms with Crippen molar-refractivity contribution >= 4 is 23.2 Å². The molecule has 18 heavy (non-hydrogen) atoms. The largest absolute Gasteiger partial charge is 0.459 e. The van der Waals surface area contributed by atoms with Crippen LogP contribution >= 0.6 is 23.2 Å². The first-order valence-corrected chi connectivity index (χ1v) is 6.64. The molecule has 0 aliphatic heterocycles. The van der Waals surface area contributed by atoms with Crippen LogP contribution in [-0.2, 0) is 0 Å². The van der Waals surface area contributed by atoms with Gasteiger partial charge in [0.05, 0.1) is 16.1 Å². The highest BCUT2D eigenvalue weighted by atomic mass is 35.5. The first kappa shape index (κ1) is 13.5. The maximum absolute atomic E-state index is 6.18. The van der Waals surface area contributed by atoms with Crippen molar-refractivity contribution < 1.29 is 4.42 Å². The smallest absolute Gasteiger partial charge is 0.135 e. The Morgan fingerprint density at radius 1 is 1.22 bits per heavy atom. The van der Waals surface area contributed by atoms with Crippen molar-refractivity contribution in [2.75, 3.05) is 7.05 Å². The first-order valence-electron chi connectivity index (χ1n) is 5.88. The summed E-state index contributed by atoms with van der Waals surface area (Å²) in [7, 11) is 1.92. The first-order chi connectivity index (χ1) is 8.67. The van der Waals surface area contributed by atoms with Gasteiger partial charge in [-0.3, -0.25) is 0 Å². The van der Waals surface area contributed by atoms with Crippen LogP contribution in [0.5, 0.6) is 0 Å². The van der Waals surface area contributed by atoms with Crippen molar-refractivity contribution in [1.82, 2.24) is 5.32 Å². The van der Waals surface area contributed by atoms with Gasteiger partial charge in [-0.25, -0.2) is 0 Å². The normalized spacial score (nSPS) is 12.7. The Bertz CT molecular complexity index is 532. The van der Waals surface area contributed by atoms with E-state index in [-0.39, 0.29) is 6.04 Å². The van der Waals surface area contributed by atoms with Gasteiger partial charge in [0.1, 0.15) is 11.5 Å². The topological polar surface area (TPSA) is 25.2 Å². The number of rotatable bonds is 4. The molecular weight excluding hydrogens is 269 g/mol. The molecule has 0 fully saturated rings. The highest BCUT2D eigenvalue weighted by molar-refractivity contribution is 6.43. The summed E-state index contributed by atoms with van der Waals surface area (Å²) in [5, 5.41) is 4.27. The summed E-state index contributed by atoms with van der Waals surface area (Å²) in [6, 6.07) is 9.64. The monoisotopic (exact) mass is 283 g/mol. The van der Waals surface area contributed by atoms with Crippen LogP contribution in [0.2, 0.25) is 10.0 Å². The lowest BCUT2D eigenvalue weighted by molar-refractivity contribution is 0.431. The Morgan fingerprint density at radius 3 is 2.67 bits per heavy atom. The summed E-state index contributed by atoms with van der Waals surface area (Å²) in [5.74, 6) is 1.65. The third-order valence-corrected chi connectivity index (χ3v) is 3.76. The predicted octanol–water partition coefficient (Wildman–Crippen LogP) is 4.92. The molecule has 0 aliphatic carbocycles. The van der Waals surface area contributed by atoms with E-state index >= 15 is 0 Å². The molecule has 2 rings (SSSR count). The number of nitrogens with one attached hydrogen (secondary N) is 1. The van der Waals surface area contributed by atoms with E-state index in [4.69, 9.17) is 27.6 Å². The van der Waals surface area contributed by atoms with Crippen LogP contribution in [0.25, 0.3) is 11.3 Å². The molecule has 4 heteroatoms. The lowest BCUT2D eigenvalue weighted by Crippen LogP contribution is -2.14. The minimum atomic E-state index is 0.219. The lowest BCUT2D eigenvalue weighted by Gasteiger charge is -2.10. The number of benzene rings is 1. The lowest BCUT2D eigenvalue weighted by atomic mass is 10.1. The Morgan fingerprint density at radius 2 is 2.00 bits per heavy atom. The molecule has 0 radical (unpaired) electrons. The van der Waals surface area contributed by atoms with Crippen molar-refractivity contribution in [3.05, 3.63) is 46.1 Å². The van der Waals surface area contributed by atoms with Crippen LogP contribution in [0, 0.1) is 0 Å². The summed E-state index contributed by atoms with van der Waals surface area (Å²) in [6.45, 7) is 2.11.